The summed E-state index contributed by atoms with van der Waals surface area (Å²) in [7, 11) is 0. The summed E-state index contributed by atoms with van der Waals surface area (Å²) in [6, 6.07) is 2.65. The van der Waals surface area contributed by atoms with Crippen molar-refractivity contribution in [3.8, 4) is 6.07 Å². The summed E-state index contributed by atoms with van der Waals surface area (Å²) in [4.78, 5) is 2.53. The van der Waals surface area contributed by atoms with Gasteiger partial charge >= 0.3 is 0 Å². The van der Waals surface area contributed by atoms with Crippen molar-refractivity contribution in [1.29, 1.82) is 5.26 Å². The number of rotatable bonds is 5. The highest BCUT2D eigenvalue weighted by Crippen LogP contribution is 2.28. The third-order valence-corrected chi connectivity index (χ3v) is 4.54. The maximum Gasteiger partial charge on any atom is 0.162 e. The summed E-state index contributed by atoms with van der Waals surface area (Å²) in [5.74, 6) is 0.688. The van der Waals surface area contributed by atoms with Crippen LogP contribution in [-0.4, -0.2) is 34.9 Å². The average molecular weight is 299 g/mol. The van der Waals surface area contributed by atoms with Gasteiger partial charge in [0.1, 0.15) is 16.6 Å². The first-order valence-electron chi connectivity index (χ1n) is 6.65. The Morgan fingerprint density at radius 2 is 2.42 bits per heavy atom. The molecule has 1 aliphatic rings. The van der Waals surface area contributed by atoms with Crippen molar-refractivity contribution < 1.29 is 0 Å². The van der Waals surface area contributed by atoms with Crippen molar-refractivity contribution in [1.82, 2.24) is 9.27 Å². The molecule has 19 heavy (non-hydrogen) atoms. The van der Waals surface area contributed by atoms with Crippen molar-refractivity contribution in [3.05, 3.63) is 10.7 Å². The molecule has 2 rings (SSSR count). The second kappa shape index (κ2) is 6.56. The molecule has 2 heterocycles. The van der Waals surface area contributed by atoms with E-state index in [0.29, 0.717) is 22.7 Å². The molecule has 0 aliphatic carbocycles. The number of halogens is 1. The van der Waals surface area contributed by atoms with Crippen LogP contribution in [0.3, 0.4) is 0 Å². The zero-order valence-corrected chi connectivity index (χ0v) is 12.9. The van der Waals surface area contributed by atoms with E-state index in [1.54, 1.807) is 0 Å². The van der Waals surface area contributed by atoms with Crippen LogP contribution < -0.4 is 5.32 Å². The lowest BCUT2D eigenvalue weighted by Gasteiger charge is -2.26. The number of anilines is 1. The van der Waals surface area contributed by atoms with Gasteiger partial charge < -0.3 is 5.32 Å². The Balaban J connectivity index is 1.93. The second-order valence-corrected chi connectivity index (χ2v) is 6.49. The second-order valence-electron chi connectivity index (χ2n) is 5.36. The van der Waals surface area contributed by atoms with E-state index in [4.69, 9.17) is 16.9 Å². The van der Waals surface area contributed by atoms with Crippen LogP contribution in [0.15, 0.2) is 0 Å². The monoisotopic (exact) mass is 298 g/mol. The van der Waals surface area contributed by atoms with Gasteiger partial charge in [-0.15, -0.1) is 0 Å². The van der Waals surface area contributed by atoms with Gasteiger partial charge in [0.2, 0.25) is 0 Å². The van der Waals surface area contributed by atoms with Crippen molar-refractivity contribution in [2.75, 3.05) is 25.0 Å². The molecular formula is C13H19ClN4S. The molecule has 6 heteroatoms. The minimum absolute atomic E-state index is 0.306. The van der Waals surface area contributed by atoms with Crippen molar-refractivity contribution >= 4 is 28.1 Å². The molecule has 0 radical (unpaired) electrons. The van der Waals surface area contributed by atoms with Crippen LogP contribution >= 0.6 is 23.1 Å². The maximum atomic E-state index is 9.03. The van der Waals surface area contributed by atoms with Crippen LogP contribution in [0.2, 0.25) is 5.15 Å². The predicted octanol–water partition coefficient (Wildman–Crippen LogP) is 3.20. The molecule has 104 valence electrons. The first kappa shape index (κ1) is 14.6. The fraction of sp³-hybridized carbons (Fsp3) is 0.692. The number of nitriles is 1. The Labute approximate surface area is 123 Å². The first-order valence-corrected chi connectivity index (χ1v) is 7.80. The number of aromatic nitrogens is 1. The van der Waals surface area contributed by atoms with Crippen molar-refractivity contribution in [3.63, 3.8) is 0 Å². The van der Waals surface area contributed by atoms with Crippen molar-refractivity contribution in [2.24, 2.45) is 5.92 Å². The van der Waals surface area contributed by atoms with Gasteiger partial charge in [0.05, 0.1) is 0 Å². The van der Waals surface area contributed by atoms with Crippen LogP contribution in [0.5, 0.6) is 0 Å². The maximum absolute atomic E-state index is 9.03. The molecule has 0 aromatic carbocycles. The molecule has 1 N–H and O–H groups in total. The fourth-order valence-electron chi connectivity index (χ4n) is 2.53. The lowest BCUT2D eigenvalue weighted by atomic mass is 10.1. The van der Waals surface area contributed by atoms with Gasteiger partial charge in [0.15, 0.2) is 5.15 Å². The molecule has 1 fully saturated rings. The Morgan fingerprint density at radius 3 is 3.11 bits per heavy atom. The average Bonchev–Trinajstić information content (AvgIpc) is 2.92. The Kier molecular flexibility index (Phi) is 5.03. The minimum atomic E-state index is 0.306. The van der Waals surface area contributed by atoms with Gasteiger partial charge in [-0.3, -0.25) is 4.90 Å². The third-order valence-electron chi connectivity index (χ3n) is 3.36. The smallest absolute Gasteiger partial charge is 0.162 e. The standard InChI is InChI=1S/C13H19ClN4S/c1-9(2)8-18-5-3-4-10(18)7-16-13-11(6-15)12(14)17-19-13/h9-10,16H,3-5,7-8H2,1-2H3/t10-/m1/s1. The highest BCUT2D eigenvalue weighted by molar-refractivity contribution is 7.10. The quantitative estimate of drug-likeness (QED) is 0.907. The molecule has 1 atom stereocenters. The summed E-state index contributed by atoms with van der Waals surface area (Å²) in [6.45, 7) is 7.68. The molecule has 1 saturated heterocycles. The highest BCUT2D eigenvalue weighted by Gasteiger charge is 2.25. The summed E-state index contributed by atoms with van der Waals surface area (Å²) in [5, 5.41) is 13.5. The first-order chi connectivity index (χ1) is 9.11. The summed E-state index contributed by atoms with van der Waals surface area (Å²) in [6.07, 6.45) is 2.47. The Bertz CT molecular complexity index is 466. The molecule has 4 nitrogen and oxygen atoms in total. The number of nitrogens with zero attached hydrogens (tertiary/aromatic N) is 3. The number of hydrogen-bond donors (Lipinski definition) is 1. The zero-order chi connectivity index (χ0) is 13.8. The van der Waals surface area contributed by atoms with Gasteiger partial charge in [-0.2, -0.15) is 9.64 Å². The molecule has 0 spiro atoms. The van der Waals surface area contributed by atoms with Crippen LogP contribution in [0, 0.1) is 17.2 Å². The van der Waals surface area contributed by atoms with Gasteiger partial charge in [0, 0.05) is 19.1 Å². The van der Waals surface area contributed by atoms with E-state index in [-0.39, 0.29) is 0 Å². The topological polar surface area (TPSA) is 52.0 Å². The van der Waals surface area contributed by atoms with E-state index >= 15 is 0 Å². The normalized spacial score (nSPS) is 19.8. The molecule has 0 unspecified atom stereocenters. The van der Waals surface area contributed by atoms with E-state index in [9.17, 15) is 0 Å². The lowest BCUT2D eigenvalue weighted by molar-refractivity contribution is 0.234. The Morgan fingerprint density at radius 1 is 1.63 bits per heavy atom. The van der Waals surface area contributed by atoms with Crippen LogP contribution in [-0.2, 0) is 0 Å². The molecule has 0 saturated carbocycles. The van der Waals surface area contributed by atoms with E-state index in [0.717, 1.165) is 18.1 Å². The lowest BCUT2D eigenvalue weighted by Crippen LogP contribution is -2.37. The molecule has 0 bridgehead atoms. The van der Waals surface area contributed by atoms with Crippen LogP contribution in [0.25, 0.3) is 0 Å². The largest absolute Gasteiger partial charge is 0.373 e. The predicted molar refractivity (Wildman–Crippen MR) is 79.8 cm³/mol. The van der Waals surface area contributed by atoms with Crippen LogP contribution in [0.1, 0.15) is 32.3 Å². The zero-order valence-electron chi connectivity index (χ0n) is 11.3. The van der Waals surface area contributed by atoms with E-state index in [1.165, 1.54) is 30.9 Å². The summed E-state index contributed by atoms with van der Waals surface area (Å²) in [5.41, 5.74) is 0.472. The molecule has 1 aromatic heterocycles. The van der Waals surface area contributed by atoms with Gasteiger partial charge in [-0.1, -0.05) is 25.4 Å². The molecule has 1 aliphatic heterocycles. The highest BCUT2D eigenvalue weighted by atomic mass is 35.5. The van der Waals surface area contributed by atoms with Gasteiger partial charge in [0.25, 0.3) is 0 Å². The fourth-order valence-corrected chi connectivity index (χ4v) is 3.47. The molecular weight excluding hydrogens is 280 g/mol. The summed E-state index contributed by atoms with van der Waals surface area (Å²) >= 11 is 7.13. The van der Waals surface area contributed by atoms with E-state index < -0.39 is 0 Å². The molecule has 1 aromatic rings. The molecule has 0 amide bonds. The number of hydrogen-bond acceptors (Lipinski definition) is 5. The van der Waals surface area contributed by atoms with E-state index in [1.807, 2.05) is 0 Å². The minimum Gasteiger partial charge on any atom is -0.373 e. The number of nitrogens with one attached hydrogen (secondary N) is 1. The number of likely N-dealkylation sites (tertiary alicyclic amines) is 1. The Hall–Kier alpha value is -0.830. The van der Waals surface area contributed by atoms with Gasteiger partial charge in [-0.25, -0.2) is 0 Å². The third kappa shape index (κ3) is 3.59. The SMILES string of the molecule is CC(C)CN1CCC[C@@H]1CNc1snc(Cl)c1C#N. The van der Waals surface area contributed by atoms with Gasteiger partial charge in [-0.05, 0) is 36.8 Å². The van der Waals surface area contributed by atoms with Crippen molar-refractivity contribution in [2.45, 2.75) is 32.7 Å². The van der Waals surface area contributed by atoms with Crippen LogP contribution in [0.4, 0.5) is 5.00 Å². The van der Waals surface area contributed by atoms with E-state index in [2.05, 4.69) is 34.5 Å². The summed E-state index contributed by atoms with van der Waals surface area (Å²) < 4.78 is 4.01.